The van der Waals surface area contributed by atoms with E-state index in [1.807, 2.05) is 0 Å². The van der Waals surface area contributed by atoms with E-state index in [-0.39, 0.29) is 29.0 Å². The van der Waals surface area contributed by atoms with Gasteiger partial charge in [-0.1, -0.05) is 0 Å². The largest absolute Gasteiger partial charge is 0.466 e. The van der Waals surface area contributed by atoms with Crippen molar-refractivity contribution in [3.8, 4) is 0 Å². The van der Waals surface area contributed by atoms with E-state index < -0.39 is 5.82 Å². The zero-order chi connectivity index (χ0) is 15.4. The number of benzene rings is 1. The van der Waals surface area contributed by atoms with Crippen molar-refractivity contribution >= 4 is 17.6 Å². The number of carbonyl (C=O) groups is 2. The van der Waals surface area contributed by atoms with Crippen LogP contribution in [0.25, 0.3) is 0 Å². The highest BCUT2D eigenvalue weighted by Crippen LogP contribution is 2.21. The van der Waals surface area contributed by atoms with Crippen LogP contribution < -0.4 is 5.73 Å². The third-order valence-electron chi connectivity index (χ3n) is 3.50. The number of amides is 1. The molecule has 0 aromatic heterocycles. The first-order valence-corrected chi connectivity index (χ1v) is 7.03. The number of esters is 1. The lowest BCUT2D eigenvalue weighted by Crippen LogP contribution is -2.42. The molecule has 21 heavy (non-hydrogen) atoms. The van der Waals surface area contributed by atoms with Crippen LogP contribution in [0.1, 0.15) is 30.1 Å². The second-order valence-corrected chi connectivity index (χ2v) is 5.12. The molecule has 1 atom stereocenters. The summed E-state index contributed by atoms with van der Waals surface area (Å²) in [5.41, 5.74) is 5.97. The van der Waals surface area contributed by atoms with Gasteiger partial charge in [-0.25, -0.2) is 4.39 Å². The number of rotatable bonds is 3. The van der Waals surface area contributed by atoms with Crippen molar-refractivity contribution in [3.05, 3.63) is 29.6 Å². The van der Waals surface area contributed by atoms with E-state index in [0.717, 1.165) is 18.6 Å². The van der Waals surface area contributed by atoms with E-state index >= 15 is 0 Å². The number of likely N-dealkylation sites (tertiary alicyclic amines) is 1. The topological polar surface area (TPSA) is 72.6 Å². The predicted octanol–water partition coefficient (Wildman–Crippen LogP) is 1.82. The Labute approximate surface area is 122 Å². The first kappa shape index (κ1) is 15.3. The molecule has 1 aliphatic rings. The average Bonchev–Trinajstić information content (AvgIpc) is 2.46. The zero-order valence-corrected chi connectivity index (χ0v) is 12.0. The van der Waals surface area contributed by atoms with Crippen LogP contribution in [-0.4, -0.2) is 36.5 Å². The Hall–Kier alpha value is -2.11. The highest BCUT2D eigenvalue weighted by molar-refractivity contribution is 5.95. The second kappa shape index (κ2) is 6.56. The van der Waals surface area contributed by atoms with Gasteiger partial charge in [-0.2, -0.15) is 0 Å². The number of halogens is 1. The molecule has 1 saturated heterocycles. The molecule has 0 bridgehead atoms. The molecule has 1 aliphatic heterocycles. The van der Waals surface area contributed by atoms with Gasteiger partial charge in [0.1, 0.15) is 5.82 Å². The summed E-state index contributed by atoms with van der Waals surface area (Å²) >= 11 is 0. The Kier molecular flexibility index (Phi) is 4.77. The number of carbonyl (C=O) groups excluding carboxylic acids is 2. The quantitative estimate of drug-likeness (QED) is 0.682. The molecule has 2 N–H and O–H groups in total. The monoisotopic (exact) mass is 294 g/mol. The van der Waals surface area contributed by atoms with Crippen molar-refractivity contribution in [2.45, 2.75) is 19.8 Å². The van der Waals surface area contributed by atoms with Gasteiger partial charge < -0.3 is 15.4 Å². The molecule has 1 aromatic carbocycles. The van der Waals surface area contributed by atoms with Crippen LogP contribution in [-0.2, 0) is 9.53 Å². The molecule has 0 radical (unpaired) electrons. The molecule has 0 aliphatic carbocycles. The number of piperidine rings is 1. The first-order valence-electron chi connectivity index (χ1n) is 7.03. The molecule has 1 aromatic rings. The van der Waals surface area contributed by atoms with Crippen molar-refractivity contribution < 1.29 is 18.7 Å². The molecule has 1 unspecified atom stereocenters. The van der Waals surface area contributed by atoms with Gasteiger partial charge in [0.05, 0.1) is 12.5 Å². The molecule has 6 heteroatoms. The fourth-order valence-corrected chi connectivity index (χ4v) is 2.53. The lowest BCUT2D eigenvalue weighted by molar-refractivity contribution is -0.149. The van der Waals surface area contributed by atoms with Gasteiger partial charge >= 0.3 is 5.97 Å². The predicted molar refractivity (Wildman–Crippen MR) is 76.1 cm³/mol. The van der Waals surface area contributed by atoms with E-state index in [1.165, 1.54) is 6.07 Å². The van der Waals surface area contributed by atoms with E-state index in [0.29, 0.717) is 26.1 Å². The minimum Gasteiger partial charge on any atom is -0.466 e. The van der Waals surface area contributed by atoms with Gasteiger partial charge in [0, 0.05) is 24.3 Å². The summed E-state index contributed by atoms with van der Waals surface area (Å²) < 4.78 is 18.3. The van der Waals surface area contributed by atoms with Gasteiger partial charge in [-0.05, 0) is 38.0 Å². The molecule has 1 amide bonds. The molecular weight excluding hydrogens is 275 g/mol. The Morgan fingerprint density at radius 3 is 2.86 bits per heavy atom. The number of hydrogen-bond acceptors (Lipinski definition) is 4. The molecule has 1 fully saturated rings. The highest BCUT2D eigenvalue weighted by Gasteiger charge is 2.29. The van der Waals surface area contributed by atoms with Gasteiger partial charge in [0.25, 0.3) is 5.91 Å². The fraction of sp³-hybridized carbons (Fsp3) is 0.467. The number of anilines is 1. The molecule has 114 valence electrons. The molecule has 1 heterocycles. The van der Waals surface area contributed by atoms with Crippen molar-refractivity contribution in [2.75, 3.05) is 25.4 Å². The maximum Gasteiger partial charge on any atom is 0.310 e. The average molecular weight is 294 g/mol. The minimum atomic E-state index is -0.544. The smallest absolute Gasteiger partial charge is 0.310 e. The highest BCUT2D eigenvalue weighted by atomic mass is 19.1. The van der Waals surface area contributed by atoms with Crippen LogP contribution in [0.3, 0.4) is 0 Å². The fourth-order valence-electron chi connectivity index (χ4n) is 2.53. The van der Waals surface area contributed by atoms with Crippen LogP contribution in [0.2, 0.25) is 0 Å². The van der Waals surface area contributed by atoms with Gasteiger partial charge in [0.15, 0.2) is 0 Å². The summed E-state index contributed by atoms with van der Waals surface area (Å²) in [5.74, 6) is -1.45. The summed E-state index contributed by atoms with van der Waals surface area (Å²) in [4.78, 5) is 25.7. The van der Waals surface area contributed by atoms with Crippen molar-refractivity contribution in [1.82, 2.24) is 4.90 Å². The van der Waals surface area contributed by atoms with E-state index in [2.05, 4.69) is 0 Å². The van der Waals surface area contributed by atoms with Crippen LogP contribution >= 0.6 is 0 Å². The third-order valence-corrected chi connectivity index (χ3v) is 3.50. The normalized spacial score (nSPS) is 18.4. The summed E-state index contributed by atoms with van der Waals surface area (Å²) in [5, 5.41) is 0. The van der Waals surface area contributed by atoms with Gasteiger partial charge in [0.2, 0.25) is 0 Å². The second-order valence-electron chi connectivity index (χ2n) is 5.12. The third kappa shape index (κ3) is 3.71. The Morgan fingerprint density at radius 1 is 1.43 bits per heavy atom. The molecule has 0 saturated carbocycles. The Bertz CT molecular complexity index is 527. The van der Waals surface area contributed by atoms with Crippen LogP contribution in [0, 0.1) is 11.7 Å². The lowest BCUT2D eigenvalue weighted by atomic mass is 9.97. The number of nitrogen functional groups attached to an aromatic ring is 1. The molecule has 5 nitrogen and oxygen atoms in total. The van der Waals surface area contributed by atoms with E-state index in [1.54, 1.807) is 11.8 Å². The standard InChI is InChI=1S/C15H19FN2O3/c1-2-21-15(20)10-4-3-5-18(9-10)14(19)11-6-12(16)8-13(17)7-11/h6-8,10H,2-5,9,17H2,1H3. The van der Waals surface area contributed by atoms with Gasteiger partial charge in [-0.15, -0.1) is 0 Å². The number of ether oxygens (including phenoxy) is 1. The van der Waals surface area contributed by atoms with Crippen LogP contribution in [0.4, 0.5) is 10.1 Å². The maximum absolute atomic E-state index is 13.3. The summed E-state index contributed by atoms with van der Waals surface area (Å²) in [7, 11) is 0. The van der Waals surface area contributed by atoms with Crippen molar-refractivity contribution in [2.24, 2.45) is 5.92 Å². The molecular formula is C15H19FN2O3. The lowest BCUT2D eigenvalue weighted by Gasteiger charge is -2.31. The maximum atomic E-state index is 13.3. The van der Waals surface area contributed by atoms with Crippen LogP contribution in [0.15, 0.2) is 18.2 Å². The number of hydrogen-bond donors (Lipinski definition) is 1. The van der Waals surface area contributed by atoms with Crippen molar-refractivity contribution in [3.63, 3.8) is 0 Å². The summed E-state index contributed by atoms with van der Waals surface area (Å²) in [6.45, 7) is 2.92. The zero-order valence-electron chi connectivity index (χ0n) is 12.0. The van der Waals surface area contributed by atoms with Crippen molar-refractivity contribution in [1.29, 1.82) is 0 Å². The Balaban J connectivity index is 2.10. The summed E-state index contributed by atoms with van der Waals surface area (Å²) in [6, 6.07) is 3.76. The summed E-state index contributed by atoms with van der Waals surface area (Å²) in [6.07, 6.45) is 1.42. The van der Waals surface area contributed by atoms with Gasteiger partial charge in [-0.3, -0.25) is 9.59 Å². The number of nitrogens with zero attached hydrogens (tertiary/aromatic N) is 1. The molecule has 2 rings (SSSR count). The van der Waals surface area contributed by atoms with E-state index in [4.69, 9.17) is 10.5 Å². The molecule has 0 spiro atoms. The SMILES string of the molecule is CCOC(=O)C1CCCN(C(=O)c2cc(N)cc(F)c2)C1. The Morgan fingerprint density at radius 2 is 2.19 bits per heavy atom. The van der Waals surface area contributed by atoms with Crippen LogP contribution in [0.5, 0.6) is 0 Å². The minimum absolute atomic E-state index is 0.206. The van der Waals surface area contributed by atoms with E-state index in [9.17, 15) is 14.0 Å². The number of nitrogens with two attached hydrogens (primary N) is 1. The first-order chi connectivity index (χ1) is 10.0.